The molecular formula is C12H15NO3. The molecule has 0 bridgehead atoms. The molecule has 16 heavy (non-hydrogen) atoms. The quantitative estimate of drug-likeness (QED) is 0.673. The van der Waals surface area contributed by atoms with Gasteiger partial charge in [0.2, 0.25) is 0 Å². The van der Waals surface area contributed by atoms with Crippen LogP contribution in [-0.4, -0.2) is 42.9 Å². The van der Waals surface area contributed by atoms with Gasteiger partial charge in [-0.1, -0.05) is 12.2 Å². The minimum Gasteiger partial charge on any atom is -0.440 e. The standard InChI is InChI=1S/C12H15NO3/c1-3-7-8-5-4-6-13-9(8)11(10(7)15-2)16-12(13)14/h3,5,9-11H,4,6H2,1-2H3/b7-3-/t9-,10-,11-/m0/s1. The van der Waals surface area contributed by atoms with Crippen LogP contribution in [0.3, 0.4) is 0 Å². The second-order valence-corrected chi connectivity index (χ2v) is 4.34. The third kappa shape index (κ3) is 1.05. The van der Waals surface area contributed by atoms with Crippen LogP contribution in [0.25, 0.3) is 0 Å². The molecule has 1 saturated carbocycles. The topological polar surface area (TPSA) is 38.8 Å². The van der Waals surface area contributed by atoms with Crippen LogP contribution in [0.2, 0.25) is 0 Å². The van der Waals surface area contributed by atoms with E-state index in [1.165, 1.54) is 11.1 Å². The molecule has 3 atom stereocenters. The molecule has 3 aliphatic rings. The van der Waals surface area contributed by atoms with E-state index >= 15 is 0 Å². The largest absolute Gasteiger partial charge is 0.440 e. The van der Waals surface area contributed by atoms with Crippen LogP contribution in [0.1, 0.15) is 13.3 Å². The van der Waals surface area contributed by atoms with Crippen molar-refractivity contribution in [3.8, 4) is 0 Å². The zero-order chi connectivity index (χ0) is 11.3. The molecule has 1 amide bonds. The van der Waals surface area contributed by atoms with Crippen molar-refractivity contribution in [2.75, 3.05) is 13.7 Å². The first-order valence-corrected chi connectivity index (χ1v) is 5.64. The van der Waals surface area contributed by atoms with Gasteiger partial charge in [0.15, 0.2) is 6.10 Å². The smallest absolute Gasteiger partial charge is 0.410 e. The van der Waals surface area contributed by atoms with Crippen LogP contribution < -0.4 is 0 Å². The monoisotopic (exact) mass is 221 g/mol. The van der Waals surface area contributed by atoms with Crippen molar-refractivity contribution in [3.05, 3.63) is 23.3 Å². The van der Waals surface area contributed by atoms with Crippen molar-refractivity contribution in [1.29, 1.82) is 0 Å². The zero-order valence-corrected chi connectivity index (χ0v) is 9.47. The van der Waals surface area contributed by atoms with E-state index < -0.39 is 0 Å². The van der Waals surface area contributed by atoms with E-state index in [4.69, 9.17) is 9.47 Å². The van der Waals surface area contributed by atoms with Crippen molar-refractivity contribution in [2.45, 2.75) is 31.6 Å². The fourth-order valence-corrected chi connectivity index (χ4v) is 3.04. The molecule has 0 N–H and O–H groups in total. The van der Waals surface area contributed by atoms with E-state index in [1.807, 2.05) is 11.8 Å². The van der Waals surface area contributed by atoms with E-state index in [-0.39, 0.29) is 24.3 Å². The normalized spacial score (nSPS) is 38.8. The Morgan fingerprint density at radius 1 is 1.62 bits per heavy atom. The molecule has 0 unspecified atom stereocenters. The predicted molar refractivity (Wildman–Crippen MR) is 58.0 cm³/mol. The molecular weight excluding hydrogens is 206 g/mol. The van der Waals surface area contributed by atoms with Gasteiger partial charge in [0.25, 0.3) is 0 Å². The summed E-state index contributed by atoms with van der Waals surface area (Å²) in [7, 11) is 1.67. The van der Waals surface area contributed by atoms with Crippen LogP contribution >= 0.6 is 0 Å². The van der Waals surface area contributed by atoms with Crippen molar-refractivity contribution in [3.63, 3.8) is 0 Å². The molecule has 1 aliphatic carbocycles. The lowest BCUT2D eigenvalue weighted by Crippen LogP contribution is -2.39. The number of hydrogen-bond donors (Lipinski definition) is 0. The molecule has 2 heterocycles. The summed E-state index contributed by atoms with van der Waals surface area (Å²) in [6.45, 7) is 2.76. The van der Waals surface area contributed by atoms with Crippen molar-refractivity contribution in [2.24, 2.45) is 0 Å². The number of carbonyl (C=O) groups excluding carboxylic acids is 1. The lowest BCUT2D eigenvalue weighted by atomic mass is 10.0. The molecule has 0 aromatic heterocycles. The van der Waals surface area contributed by atoms with Crippen LogP contribution in [0, 0.1) is 0 Å². The fraction of sp³-hybridized carbons (Fsp3) is 0.583. The van der Waals surface area contributed by atoms with Crippen LogP contribution in [0.15, 0.2) is 23.3 Å². The van der Waals surface area contributed by atoms with E-state index in [0.29, 0.717) is 0 Å². The highest BCUT2D eigenvalue weighted by Crippen LogP contribution is 2.44. The molecule has 0 aromatic rings. The Hall–Kier alpha value is -1.29. The van der Waals surface area contributed by atoms with Gasteiger partial charge in [0.1, 0.15) is 12.1 Å². The number of hydrogen-bond acceptors (Lipinski definition) is 3. The Labute approximate surface area is 94.5 Å². The van der Waals surface area contributed by atoms with Crippen molar-refractivity contribution >= 4 is 6.09 Å². The number of carbonyl (C=O) groups is 1. The summed E-state index contributed by atoms with van der Waals surface area (Å²) in [5.74, 6) is 0. The Kier molecular flexibility index (Phi) is 2.07. The van der Waals surface area contributed by atoms with E-state index in [2.05, 4.69) is 12.2 Å². The fourth-order valence-electron chi connectivity index (χ4n) is 3.04. The maximum absolute atomic E-state index is 11.7. The zero-order valence-electron chi connectivity index (χ0n) is 9.47. The minimum absolute atomic E-state index is 0.0809. The summed E-state index contributed by atoms with van der Waals surface area (Å²) in [5, 5.41) is 0. The van der Waals surface area contributed by atoms with Gasteiger partial charge >= 0.3 is 6.09 Å². The van der Waals surface area contributed by atoms with Gasteiger partial charge in [-0.15, -0.1) is 0 Å². The Balaban J connectivity index is 2.08. The summed E-state index contributed by atoms with van der Waals surface area (Å²) in [4.78, 5) is 13.5. The summed E-state index contributed by atoms with van der Waals surface area (Å²) in [6, 6.07) is 0.0809. The number of amides is 1. The molecule has 0 radical (unpaired) electrons. The third-order valence-corrected chi connectivity index (χ3v) is 3.67. The molecule has 4 nitrogen and oxygen atoms in total. The van der Waals surface area contributed by atoms with Gasteiger partial charge in [-0.2, -0.15) is 0 Å². The number of methoxy groups -OCH3 is 1. The highest BCUT2D eigenvalue weighted by Gasteiger charge is 2.55. The molecule has 4 heteroatoms. The Morgan fingerprint density at radius 3 is 3.12 bits per heavy atom. The van der Waals surface area contributed by atoms with Crippen LogP contribution in [0.4, 0.5) is 4.79 Å². The maximum Gasteiger partial charge on any atom is 0.410 e. The maximum atomic E-state index is 11.7. The summed E-state index contributed by atoms with van der Waals surface area (Å²) in [6.07, 6.45) is 4.73. The molecule has 2 fully saturated rings. The number of allylic oxidation sites excluding steroid dienone is 1. The molecule has 0 spiro atoms. The lowest BCUT2D eigenvalue weighted by Gasteiger charge is -2.25. The van der Waals surface area contributed by atoms with Crippen LogP contribution in [-0.2, 0) is 9.47 Å². The van der Waals surface area contributed by atoms with Gasteiger partial charge < -0.3 is 9.47 Å². The lowest BCUT2D eigenvalue weighted by molar-refractivity contribution is 0.0284. The highest BCUT2D eigenvalue weighted by atomic mass is 16.6. The van der Waals surface area contributed by atoms with Crippen molar-refractivity contribution < 1.29 is 14.3 Å². The number of nitrogens with zero attached hydrogens (tertiary/aromatic N) is 1. The first-order chi connectivity index (χ1) is 7.77. The third-order valence-electron chi connectivity index (χ3n) is 3.67. The summed E-state index contributed by atoms with van der Waals surface area (Å²) in [5.41, 5.74) is 2.39. The molecule has 2 aliphatic heterocycles. The average molecular weight is 221 g/mol. The van der Waals surface area contributed by atoms with Crippen LogP contribution in [0.5, 0.6) is 0 Å². The van der Waals surface area contributed by atoms with Gasteiger partial charge in [-0.05, 0) is 24.5 Å². The highest BCUT2D eigenvalue weighted by molar-refractivity contribution is 5.74. The Bertz CT molecular complexity index is 399. The van der Waals surface area contributed by atoms with Gasteiger partial charge in [0.05, 0.1) is 0 Å². The first kappa shape index (κ1) is 9.90. The van der Waals surface area contributed by atoms with Crippen molar-refractivity contribution in [1.82, 2.24) is 4.90 Å². The SMILES string of the molecule is C/C=C1/C2=CCCN3C(=O)O[C@H]([C@H]1OC)[C@H]23. The average Bonchev–Trinajstić information content (AvgIpc) is 2.79. The molecule has 86 valence electrons. The molecule has 3 rings (SSSR count). The van der Waals surface area contributed by atoms with E-state index in [9.17, 15) is 4.79 Å². The summed E-state index contributed by atoms with van der Waals surface area (Å²) < 4.78 is 10.9. The molecule has 0 aromatic carbocycles. The first-order valence-electron chi connectivity index (χ1n) is 5.64. The Morgan fingerprint density at radius 2 is 2.44 bits per heavy atom. The van der Waals surface area contributed by atoms with Gasteiger partial charge in [0, 0.05) is 13.7 Å². The van der Waals surface area contributed by atoms with E-state index in [1.54, 1.807) is 7.11 Å². The minimum atomic E-state index is -0.196. The molecule has 1 saturated heterocycles. The number of ether oxygens (including phenoxy) is 2. The second kappa shape index (κ2) is 3.35. The number of rotatable bonds is 1. The van der Waals surface area contributed by atoms with Gasteiger partial charge in [-0.3, -0.25) is 4.90 Å². The van der Waals surface area contributed by atoms with Gasteiger partial charge in [-0.25, -0.2) is 4.79 Å². The van der Waals surface area contributed by atoms with E-state index in [0.717, 1.165) is 13.0 Å². The second-order valence-electron chi connectivity index (χ2n) is 4.34. The summed E-state index contributed by atoms with van der Waals surface area (Å²) >= 11 is 0. The predicted octanol–water partition coefficient (Wildman–Crippen LogP) is 1.48.